The zero-order chi connectivity index (χ0) is 20.9. The van der Waals surface area contributed by atoms with Crippen molar-refractivity contribution in [3.8, 4) is 0 Å². The molecule has 164 valence electrons. The third kappa shape index (κ3) is 3.69. The van der Waals surface area contributed by atoms with Crippen LogP contribution in [-0.4, -0.2) is 64.7 Å². The monoisotopic (exact) mass is 503 g/mol. The fourth-order valence-corrected chi connectivity index (χ4v) is 6.88. The van der Waals surface area contributed by atoms with E-state index in [1.807, 2.05) is 0 Å². The van der Waals surface area contributed by atoms with Gasteiger partial charge in [-0.05, 0) is 54.7 Å². The molecular weight excluding hydrogens is 478 g/mol. The van der Waals surface area contributed by atoms with Gasteiger partial charge in [-0.15, -0.1) is 0 Å². The number of piperazine rings is 1. The summed E-state index contributed by atoms with van der Waals surface area (Å²) >= 11 is 2.52. The van der Waals surface area contributed by atoms with Crippen LogP contribution in [0.4, 0.5) is 17.5 Å². The molecule has 9 heteroatoms. The van der Waals surface area contributed by atoms with Crippen LogP contribution in [0.15, 0.2) is 33.6 Å². The number of hydrogen-bond acceptors (Lipinski definition) is 7. The molecule has 7 nitrogen and oxygen atoms in total. The summed E-state index contributed by atoms with van der Waals surface area (Å²) in [5, 5.41) is 3.59. The number of aryl methyl sites for hydroxylation is 1. The summed E-state index contributed by atoms with van der Waals surface area (Å²) < 4.78 is 19.3. The number of benzene rings is 1. The Bertz CT molecular complexity index is 971. The van der Waals surface area contributed by atoms with Crippen LogP contribution >= 0.6 is 15.9 Å². The van der Waals surface area contributed by atoms with Crippen molar-refractivity contribution >= 4 is 44.6 Å². The van der Waals surface area contributed by atoms with Gasteiger partial charge < -0.3 is 24.4 Å². The maximum atomic E-state index is 12.7. The normalized spacial score (nSPS) is 27.7. The van der Waals surface area contributed by atoms with Gasteiger partial charge in [-0.3, -0.25) is 0 Å². The number of nitrogens with one attached hydrogen (secondary N) is 1. The van der Waals surface area contributed by atoms with Crippen molar-refractivity contribution < 1.29 is 9.29 Å². The van der Waals surface area contributed by atoms with E-state index >= 15 is 0 Å². The number of ether oxygens (including phenoxy) is 1. The van der Waals surface area contributed by atoms with Gasteiger partial charge in [-0.1, -0.05) is 15.9 Å². The summed E-state index contributed by atoms with van der Waals surface area (Å²) in [6.45, 7) is 3.45. The molecule has 5 heterocycles. The van der Waals surface area contributed by atoms with E-state index in [-0.39, 0.29) is 0 Å². The highest BCUT2D eigenvalue weighted by molar-refractivity contribution is 9.10. The Kier molecular flexibility index (Phi) is 5.25. The van der Waals surface area contributed by atoms with Crippen molar-refractivity contribution in [2.45, 2.75) is 48.7 Å². The smallest absolute Gasteiger partial charge is 0.228 e. The Morgan fingerprint density at radius 1 is 1.06 bits per heavy atom. The molecular formula is C22H26BrN5O2S. The standard InChI is InChI=1S/C22H26BrN5O2S/c23-14-1-3-16(4-2-14)27-12-18-11-17(27)13-28(18)22-25-19-7-10-31(29)20(19)21(26-22)24-15-5-8-30-9-6-15/h1-4,15,17-18H,5-13H2,(H,24,25,26)/t17-,18?,31?/m1/s1. The molecule has 1 aromatic carbocycles. The van der Waals surface area contributed by atoms with Crippen molar-refractivity contribution in [1.82, 2.24) is 9.97 Å². The summed E-state index contributed by atoms with van der Waals surface area (Å²) in [4.78, 5) is 15.6. The van der Waals surface area contributed by atoms with E-state index in [0.717, 1.165) is 78.8 Å². The largest absolute Gasteiger partial charge is 0.611 e. The Hall–Kier alpha value is -1.55. The third-order valence-corrected chi connectivity index (χ3v) is 8.88. The molecule has 1 aromatic heterocycles. The fraction of sp³-hybridized carbons (Fsp3) is 0.545. The van der Waals surface area contributed by atoms with Crippen LogP contribution in [0.2, 0.25) is 0 Å². The van der Waals surface area contributed by atoms with Crippen molar-refractivity contribution in [2.24, 2.45) is 0 Å². The molecule has 2 bridgehead atoms. The fourth-order valence-electron chi connectivity index (χ4n) is 5.31. The summed E-state index contributed by atoms with van der Waals surface area (Å²) in [5.41, 5.74) is 2.24. The zero-order valence-corrected chi connectivity index (χ0v) is 19.7. The number of aromatic nitrogens is 2. The molecule has 4 aliphatic heterocycles. The second kappa shape index (κ2) is 8.10. The van der Waals surface area contributed by atoms with Crippen molar-refractivity contribution in [3.05, 3.63) is 34.4 Å². The molecule has 3 saturated heterocycles. The first-order chi connectivity index (χ1) is 15.2. The number of hydrogen-bond donors (Lipinski definition) is 1. The van der Waals surface area contributed by atoms with Gasteiger partial charge in [0.25, 0.3) is 0 Å². The number of fused-ring (bicyclic) bond motifs is 3. The second-order valence-electron chi connectivity index (χ2n) is 8.80. The zero-order valence-electron chi connectivity index (χ0n) is 17.3. The minimum absolute atomic E-state index is 0.320. The summed E-state index contributed by atoms with van der Waals surface area (Å²) in [7, 11) is 0. The lowest BCUT2D eigenvalue weighted by Crippen LogP contribution is -2.47. The van der Waals surface area contributed by atoms with Crippen LogP contribution in [0.5, 0.6) is 0 Å². The Morgan fingerprint density at radius 3 is 2.55 bits per heavy atom. The van der Waals surface area contributed by atoms with Crippen molar-refractivity contribution in [2.75, 3.05) is 47.2 Å². The lowest BCUT2D eigenvalue weighted by molar-refractivity contribution is 0.0903. The molecule has 0 spiro atoms. The summed E-state index contributed by atoms with van der Waals surface area (Å²) in [6.07, 6.45) is 3.81. The van der Waals surface area contributed by atoms with Crippen LogP contribution in [-0.2, 0) is 22.3 Å². The quantitative estimate of drug-likeness (QED) is 0.642. The SMILES string of the molecule is [O-][S+]1CCc2nc(N3C[C@H]4CC3CN4c3ccc(Br)cc3)nc(NC3CCOCC3)c21. The van der Waals surface area contributed by atoms with Crippen molar-refractivity contribution in [3.63, 3.8) is 0 Å². The van der Waals surface area contributed by atoms with E-state index in [9.17, 15) is 4.55 Å². The molecule has 1 N–H and O–H groups in total. The highest BCUT2D eigenvalue weighted by atomic mass is 79.9. The first kappa shape index (κ1) is 20.1. The summed E-state index contributed by atoms with van der Waals surface area (Å²) in [5.74, 6) is 2.24. The number of halogens is 1. The van der Waals surface area contributed by atoms with E-state index < -0.39 is 11.2 Å². The van der Waals surface area contributed by atoms with Gasteiger partial charge >= 0.3 is 0 Å². The van der Waals surface area contributed by atoms with Gasteiger partial charge in [0.2, 0.25) is 10.8 Å². The van der Waals surface area contributed by atoms with Gasteiger partial charge in [-0.2, -0.15) is 4.98 Å². The third-order valence-electron chi connectivity index (χ3n) is 6.89. The predicted molar refractivity (Wildman–Crippen MR) is 126 cm³/mol. The number of nitrogens with zero attached hydrogens (tertiary/aromatic N) is 4. The lowest BCUT2D eigenvalue weighted by Gasteiger charge is -2.36. The van der Waals surface area contributed by atoms with Crippen molar-refractivity contribution in [1.29, 1.82) is 0 Å². The topological polar surface area (TPSA) is 76.6 Å². The predicted octanol–water partition coefficient (Wildman–Crippen LogP) is 2.96. The van der Waals surface area contributed by atoms with Gasteiger partial charge in [0.05, 0.1) is 6.04 Å². The highest BCUT2D eigenvalue weighted by Crippen LogP contribution is 2.39. The highest BCUT2D eigenvalue weighted by Gasteiger charge is 2.45. The lowest BCUT2D eigenvalue weighted by atomic mass is 10.1. The molecule has 4 aliphatic rings. The van der Waals surface area contributed by atoms with Gasteiger partial charge in [0, 0.05) is 55.0 Å². The Labute approximate surface area is 193 Å². The van der Waals surface area contributed by atoms with Crippen LogP contribution in [0.3, 0.4) is 0 Å². The molecule has 2 aromatic rings. The van der Waals surface area contributed by atoms with Crippen LogP contribution in [0.25, 0.3) is 0 Å². The molecule has 0 amide bonds. The molecule has 2 unspecified atom stereocenters. The van der Waals surface area contributed by atoms with E-state index in [0.29, 0.717) is 23.9 Å². The van der Waals surface area contributed by atoms with E-state index in [1.54, 1.807) is 0 Å². The first-order valence-corrected chi connectivity index (χ1v) is 13.2. The average molecular weight is 504 g/mol. The summed E-state index contributed by atoms with van der Waals surface area (Å²) in [6, 6.07) is 9.80. The molecule has 0 aliphatic carbocycles. The molecule has 31 heavy (non-hydrogen) atoms. The van der Waals surface area contributed by atoms with E-state index in [2.05, 4.69) is 55.3 Å². The molecule has 6 rings (SSSR count). The average Bonchev–Trinajstić information content (AvgIpc) is 3.49. The van der Waals surface area contributed by atoms with E-state index in [1.165, 1.54) is 5.69 Å². The molecule has 0 radical (unpaired) electrons. The minimum atomic E-state index is -1.01. The Balaban J connectivity index is 1.25. The Morgan fingerprint density at radius 2 is 1.81 bits per heavy atom. The number of anilines is 3. The first-order valence-electron chi connectivity index (χ1n) is 11.1. The van der Waals surface area contributed by atoms with Gasteiger partial charge in [0.1, 0.15) is 11.4 Å². The molecule has 0 saturated carbocycles. The maximum Gasteiger partial charge on any atom is 0.228 e. The van der Waals surface area contributed by atoms with Crippen LogP contribution in [0.1, 0.15) is 25.0 Å². The van der Waals surface area contributed by atoms with Crippen LogP contribution in [0, 0.1) is 0 Å². The molecule has 3 atom stereocenters. The molecule has 3 fully saturated rings. The van der Waals surface area contributed by atoms with Gasteiger partial charge in [-0.25, -0.2) is 4.98 Å². The second-order valence-corrected chi connectivity index (χ2v) is 11.2. The van der Waals surface area contributed by atoms with Crippen LogP contribution < -0.4 is 15.1 Å². The van der Waals surface area contributed by atoms with E-state index in [4.69, 9.17) is 14.7 Å². The maximum absolute atomic E-state index is 12.7. The minimum Gasteiger partial charge on any atom is -0.611 e. The van der Waals surface area contributed by atoms with Gasteiger partial charge in [0.15, 0.2) is 5.82 Å². The number of rotatable bonds is 4.